The van der Waals surface area contributed by atoms with E-state index in [9.17, 15) is 4.79 Å². The van der Waals surface area contributed by atoms with Crippen LogP contribution < -0.4 is 5.73 Å². The summed E-state index contributed by atoms with van der Waals surface area (Å²) in [7, 11) is 1.37. The van der Waals surface area contributed by atoms with E-state index in [1.807, 2.05) is 11.8 Å². The van der Waals surface area contributed by atoms with Crippen molar-refractivity contribution in [1.82, 2.24) is 0 Å². The summed E-state index contributed by atoms with van der Waals surface area (Å²) in [6.45, 7) is 2.15. The van der Waals surface area contributed by atoms with Crippen LogP contribution in [0.2, 0.25) is 0 Å². The van der Waals surface area contributed by atoms with Gasteiger partial charge in [-0.05, 0) is 42.7 Å². The molecule has 4 heteroatoms. The van der Waals surface area contributed by atoms with Crippen LogP contribution in [0.3, 0.4) is 0 Å². The molecule has 0 saturated heterocycles. The molecule has 18 heavy (non-hydrogen) atoms. The van der Waals surface area contributed by atoms with Gasteiger partial charge in [0.15, 0.2) is 0 Å². The van der Waals surface area contributed by atoms with Crippen molar-refractivity contribution in [2.75, 3.05) is 12.9 Å². The van der Waals surface area contributed by atoms with Crippen molar-refractivity contribution in [3.05, 3.63) is 29.8 Å². The number of nitrogens with two attached hydrogens (primary N) is 1. The average Bonchev–Trinajstić information content (AvgIpc) is 2.40. The number of hydrogen-bond acceptors (Lipinski definition) is 4. The molecule has 0 fully saturated rings. The minimum absolute atomic E-state index is 0.329. The van der Waals surface area contributed by atoms with E-state index < -0.39 is 6.04 Å². The lowest BCUT2D eigenvalue weighted by Crippen LogP contribution is -2.31. The molecule has 3 nitrogen and oxygen atoms in total. The highest BCUT2D eigenvalue weighted by atomic mass is 32.2. The predicted molar refractivity (Wildman–Crippen MR) is 75.8 cm³/mol. The SMILES string of the molecule is CCSc1ccc(CCCC(N)C(=O)OC)cc1. The van der Waals surface area contributed by atoms with Crippen molar-refractivity contribution in [3.63, 3.8) is 0 Å². The number of ether oxygens (including phenoxy) is 1. The number of benzene rings is 1. The molecule has 0 amide bonds. The maximum atomic E-state index is 11.1. The molecule has 0 heterocycles. The van der Waals surface area contributed by atoms with Crippen LogP contribution in [-0.4, -0.2) is 24.9 Å². The Hall–Kier alpha value is -1.00. The standard InChI is InChI=1S/C14H21NO2S/c1-3-18-12-9-7-11(8-10-12)5-4-6-13(15)14(16)17-2/h7-10,13H,3-6,15H2,1-2H3. The van der Waals surface area contributed by atoms with Gasteiger partial charge in [-0.15, -0.1) is 11.8 Å². The molecule has 0 aromatic heterocycles. The van der Waals surface area contributed by atoms with Gasteiger partial charge in [0.2, 0.25) is 0 Å². The summed E-state index contributed by atoms with van der Waals surface area (Å²) in [6.07, 6.45) is 2.51. The third-order valence-electron chi connectivity index (χ3n) is 2.72. The van der Waals surface area contributed by atoms with Gasteiger partial charge in [0.25, 0.3) is 0 Å². The third kappa shape index (κ3) is 5.10. The Kier molecular flexibility index (Phi) is 6.83. The van der Waals surface area contributed by atoms with Gasteiger partial charge in [0.1, 0.15) is 6.04 Å². The lowest BCUT2D eigenvalue weighted by Gasteiger charge is -2.09. The fourth-order valence-electron chi connectivity index (χ4n) is 1.71. The summed E-state index contributed by atoms with van der Waals surface area (Å²) >= 11 is 1.84. The first-order valence-electron chi connectivity index (χ1n) is 6.22. The molecule has 2 N–H and O–H groups in total. The number of hydrogen-bond donors (Lipinski definition) is 1. The minimum Gasteiger partial charge on any atom is -0.468 e. The quantitative estimate of drug-likeness (QED) is 0.609. The number of esters is 1. The average molecular weight is 267 g/mol. The van der Waals surface area contributed by atoms with E-state index in [0.29, 0.717) is 6.42 Å². The second kappa shape index (κ2) is 8.16. The Morgan fingerprint density at radius 2 is 2.06 bits per heavy atom. The topological polar surface area (TPSA) is 52.3 Å². The summed E-state index contributed by atoms with van der Waals surface area (Å²) in [6, 6.07) is 8.07. The van der Waals surface area contributed by atoms with E-state index >= 15 is 0 Å². The van der Waals surface area contributed by atoms with Crippen molar-refractivity contribution in [2.24, 2.45) is 5.73 Å². The molecule has 0 aliphatic carbocycles. The third-order valence-corrected chi connectivity index (χ3v) is 3.61. The van der Waals surface area contributed by atoms with E-state index in [2.05, 4.69) is 35.9 Å². The molecule has 1 aromatic carbocycles. The lowest BCUT2D eigenvalue weighted by molar-refractivity contribution is -0.142. The van der Waals surface area contributed by atoms with E-state index in [1.165, 1.54) is 17.6 Å². The summed E-state index contributed by atoms with van der Waals surface area (Å²) in [5.74, 6) is 0.762. The van der Waals surface area contributed by atoms with Crippen molar-refractivity contribution in [3.8, 4) is 0 Å². The maximum absolute atomic E-state index is 11.1. The van der Waals surface area contributed by atoms with Crippen LogP contribution in [0.25, 0.3) is 0 Å². The molecule has 0 radical (unpaired) electrons. The monoisotopic (exact) mass is 267 g/mol. The number of rotatable bonds is 7. The fraction of sp³-hybridized carbons (Fsp3) is 0.500. The minimum atomic E-state index is -0.495. The molecular weight excluding hydrogens is 246 g/mol. The zero-order valence-electron chi connectivity index (χ0n) is 11.0. The van der Waals surface area contributed by atoms with Gasteiger partial charge >= 0.3 is 5.97 Å². The van der Waals surface area contributed by atoms with E-state index in [4.69, 9.17) is 5.73 Å². The van der Waals surface area contributed by atoms with Gasteiger partial charge in [0.05, 0.1) is 7.11 Å². The zero-order chi connectivity index (χ0) is 13.4. The Morgan fingerprint density at radius 3 is 2.61 bits per heavy atom. The van der Waals surface area contributed by atoms with Crippen LogP contribution in [0.1, 0.15) is 25.3 Å². The molecule has 1 unspecified atom stereocenters. The summed E-state index contributed by atoms with van der Waals surface area (Å²) in [5.41, 5.74) is 6.96. The van der Waals surface area contributed by atoms with Gasteiger partial charge in [-0.1, -0.05) is 19.1 Å². The van der Waals surface area contributed by atoms with Gasteiger partial charge in [-0.2, -0.15) is 0 Å². The number of carbonyl (C=O) groups is 1. The second-order valence-corrected chi connectivity index (χ2v) is 5.44. The molecular formula is C14H21NO2S. The van der Waals surface area contributed by atoms with Gasteiger partial charge in [-0.3, -0.25) is 4.79 Å². The van der Waals surface area contributed by atoms with Crippen molar-refractivity contribution in [1.29, 1.82) is 0 Å². The number of aryl methyl sites for hydroxylation is 1. The molecule has 1 atom stereocenters. The van der Waals surface area contributed by atoms with Gasteiger partial charge in [0, 0.05) is 4.90 Å². The van der Waals surface area contributed by atoms with Crippen LogP contribution >= 0.6 is 11.8 Å². The Bertz CT molecular complexity index is 365. The highest BCUT2D eigenvalue weighted by molar-refractivity contribution is 7.99. The van der Waals surface area contributed by atoms with Crippen LogP contribution in [-0.2, 0) is 16.0 Å². The maximum Gasteiger partial charge on any atom is 0.322 e. The number of carbonyl (C=O) groups excluding carboxylic acids is 1. The van der Waals surface area contributed by atoms with Gasteiger partial charge in [-0.25, -0.2) is 0 Å². The number of thioether (sulfide) groups is 1. The van der Waals surface area contributed by atoms with E-state index in [0.717, 1.165) is 18.6 Å². The fourth-order valence-corrected chi connectivity index (χ4v) is 2.38. The predicted octanol–water partition coefficient (Wildman–Crippen LogP) is 2.62. The molecule has 1 rings (SSSR count). The highest BCUT2D eigenvalue weighted by Crippen LogP contribution is 2.18. The van der Waals surface area contributed by atoms with Crippen LogP contribution in [0.4, 0.5) is 0 Å². The number of methoxy groups -OCH3 is 1. The molecule has 0 aliphatic heterocycles. The largest absolute Gasteiger partial charge is 0.468 e. The summed E-state index contributed by atoms with van der Waals surface area (Å²) in [5, 5.41) is 0. The lowest BCUT2D eigenvalue weighted by atomic mass is 10.1. The normalized spacial score (nSPS) is 12.2. The highest BCUT2D eigenvalue weighted by Gasteiger charge is 2.12. The molecule has 0 aliphatic rings. The second-order valence-electron chi connectivity index (χ2n) is 4.10. The summed E-state index contributed by atoms with van der Waals surface area (Å²) in [4.78, 5) is 12.4. The van der Waals surface area contributed by atoms with Crippen LogP contribution in [0.15, 0.2) is 29.2 Å². The van der Waals surface area contributed by atoms with Crippen molar-refractivity contribution in [2.45, 2.75) is 37.1 Å². The molecule has 100 valence electrons. The molecule has 0 spiro atoms. The molecule has 1 aromatic rings. The van der Waals surface area contributed by atoms with Gasteiger partial charge < -0.3 is 10.5 Å². The first-order chi connectivity index (χ1) is 8.67. The van der Waals surface area contributed by atoms with Crippen molar-refractivity contribution < 1.29 is 9.53 Å². The Balaban J connectivity index is 2.33. The van der Waals surface area contributed by atoms with Crippen molar-refractivity contribution >= 4 is 17.7 Å². The Labute approximate surface area is 113 Å². The zero-order valence-corrected chi connectivity index (χ0v) is 11.8. The first-order valence-corrected chi connectivity index (χ1v) is 7.21. The smallest absolute Gasteiger partial charge is 0.322 e. The Morgan fingerprint density at radius 1 is 1.39 bits per heavy atom. The molecule has 0 bridgehead atoms. The first kappa shape index (κ1) is 15.1. The molecule has 0 saturated carbocycles. The van der Waals surface area contributed by atoms with Crippen LogP contribution in [0, 0.1) is 0 Å². The van der Waals surface area contributed by atoms with Crippen LogP contribution in [0.5, 0.6) is 0 Å². The van der Waals surface area contributed by atoms with E-state index in [-0.39, 0.29) is 5.97 Å². The summed E-state index contributed by atoms with van der Waals surface area (Å²) < 4.78 is 4.59. The van der Waals surface area contributed by atoms with E-state index in [1.54, 1.807) is 0 Å².